The lowest BCUT2D eigenvalue weighted by atomic mass is 10.1. The fourth-order valence-corrected chi connectivity index (χ4v) is 2.18. The summed E-state index contributed by atoms with van der Waals surface area (Å²) in [6.45, 7) is 2.61. The molecule has 3 heteroatoms. The van der Waals surface area contributed by atoms with Crippen molar-refractivity contribution in [3.05, 3.63) is 59.9 Å². The second-order valence-electron chi connectivity index (χ2n) is 3.96. The van der Waals surface area contributed by atoms with Gasteiger partial charge in [0.25, 0.3) is 0 Å². The Kier molecular flexibility index (Phi) is 4.59. The van der Waals surface area contributed by atoms with Crippen LogP contribution in [0.1, 0.15) is 23.6 Å². The molecule has 2 nitrogen and oxygen atoms in total. The molecule has 94 valence electrons. The van der Waals surface area contributed by atoms with Gasteiger partial charge < -0.3 is 4.74 Å². The first-order chi connectivity index (χ1) is 8.81. The van der Waals surface area contributed by atoms with E-state index in [1.54, 1.807) is 6.20 Å². The highest BCUT2D eigenvalue weighted by atomic mass is 35.5. The van der Waals surface area contributed by atoms with Gasteiger partial charge in [0, 0.05) is 23.9 Å². The van der Waals surface area contributed by atoms with Gasteiger partial charge in [0.2, 0.25) is 0 Å². The number of hydrogen-bond donors (Lipinski definition) is 0. The van der Waals surface area contributed by atoms with Crippen LogP contribution in [0.2, 0.25) is 0 Å². The fourth-order valence-electron chi connectivity index (χ4n) is 1.84. The number of halogens is 1. The van der Waals surface area contributed by atoms with Gasteiger partial charge in [-0.25, -0.2) is 0 Å². The van der Waals surface area contributed by atoms with Crippen LogP contribution >= 0.6 is 11.6 Å². The van der Waals surface area contributed by atoms with Gasteiger partial charge in [0.05, 0.1) is 12.0 Å². The summed E-state index contributed by atoms with van der Waals surface area (Å²) in [5.41, 5.74) is 2.01. The van der Waals surface area contributed by atoms with Crippen LogP contribution in [0.5, 0.6) is 5.75 Å². The van der Waals surface area contributed by atoms with Crippen LogP contribution in [0.25, 0.3) is 0 Å². The summed E-state index contributed by atoms with van der Waals surface area (Å²) < 4.78 is 5.59. The first-order valence-electron chi connectivity index (χ1n) is 6.07. The van der Waals surface area contributed by atoms with Gasteiger partial charge in [-0.2, -0.15) is 0 Å². The lowest BCUT2D eigenvalue weighted by molar-refractivity contribution is 0.336. The Bertz CT molecular complexity index is 487. The van der Waals surface area contributed by atoms with Crippen molar-refractivity contribution in [3.8, 4) is 5.75 Å². The van der Waals surface area contributed by atoms with Crippen molar-refractivity contribution in [1.82, 2.24) is 4.98 Å². The maximum absolute atomic E-state index is 6.46. The SMILES string of the molecule is CCOc1ccccc1C(Cl)Cc1ccccn1. The summed E-state index contributed by atoms with van der Waals surface area (Å²) in [7, 11) is 0. The summed E-state index contributed by atoms with van der Waals surface area (Å²) in [6, 6.07) is 13.8. The fraction of sp³-hybridized carbons (Fsp3) is 0.267. The van der Waals surface area contributed by atoms with E-state index >= 15 is 0 Å². The molecule has 0 N–H and O–H groups in total. The van der Waals surface area contributed by atoms with Crippen LogP contribution in [0.3, 0.4) is 0 Å². The molecular weight excluding hydrogens is 246 g/mol. The Labute approximate surface area is 113 Å². The van der Waals surface area contributed by atoms with Crippen molar-refractivity contribution in [2.24, 2.45) is 0 Å². The molecule has 0 amide bonds. The molecule has 0 aliphatic heterocycles. The monoisotopic (exact) mass is 261 g/mol. The molecule has 0 bridgehead atoms. The number of hydrogen-bond acceptors (Lipinski definition) is 2. The average Bonchev–Trinajstić information content (AvgIpc) is 2.41. The predicted octanol–water partition coefficient (Wildman–Crippen LogP) is 4.00. The van der Waals surface area contributed by atoms with Gasteiger partial charge in [0.15, 0.2) is 0 Å². The molecule has 1 aromatic carbocycles. The van der Waals surface area contributed by atoms with E-state index in [1.807, 2.05) is 49.4 Å². The van der Waals surface area contributed by atoms with Crippen molar-refractivity contribution >= 4 is 11.6 Å². The minimum Gasteiger partial charge on any atom is -0.494 e. The largest absolute Gasteiger partial charge is 0.494 e. The molecule has 0 aliphatic rings. The average molecular weight is 262 g/mol. The Morgan fingerprint density at radius 2 is 1.94 bits per heavy atom. The van der Waals surface area contributed by atoms with E-state index < -0.39 is 0 Å². The van der Waals surface area contributed by atoms with Gasteiger partial charge >= 0.3 is 0 Å². The second-order valence-corrected chi connectivity index (χ2v) is 4.49. The molecular formula is C15H16ClNO. The molecule has 1 aromatic heterocycles. The van der Waals surface area contributed by atoms with E-state index in [9.17, 15) is 0 Å². The Hall–Kier alpha value is -1.54. The van der Waals surface area contributed by atoms with Crippen molar-refractivity contribution in [2.45, 2.75) is 18.7 Å². The van der Waals surface area contributed by atoms with Crippen molar-refractivity contribution < 1.29 is 4.74 Å². The quantitative estimate of drug-likeness (QED) is 0.759. The number of ether oxygens (including phenoxy) is 1. The number of aromatic nitrogens is 1. The number of nitrogens with zero attached hydrogens (tertiary/aromatic N) is 1. The number of rotatable bonds is 5. The Balaban J connectivity index is 2.16. The number of alkyl halides is 1. The highest BCUT2D eigenvalue weighted by Gasteiger charge is 2.14. The molecule has 0 saturated heterocycles. The third kappa shape index (κ3) is 3.23. The lowest BCUT2D eigenvalue weighted by Gasteiger charge is -2.14. The van der Waals surface area contributed by atoms with Crippen LogP contribution in [-0.4, -0.2) is 11.6 Å². The van der Waals surface area contributed by atoms with E-state index in [-0.39, 0.29) is 5.38 Å². The highest BCUT2D eigenvalue weighted by molar-refractivity contribution is 6.21. The Morgan fingerprint density at radius 1 is 1.17 bits per heavy atom. The van der Waals surface area contributed by atoms with Crippen LogP contribution in [0.4, 0.5) is 0 Å². The molecule has 0 radical (unpaired) electrons. The van der Waals surface area contributed by atoms with Crippen molar-refractivity contribution in [3.63, 3.8) is 0 Å². The van der Waals surface area contributed by atoms with E-state index in [0.717, 1.165) is 17.0 Å². The summed E-state index contributed by atoms with van der Waals surface area (Å²) in [5, 5.41) is -0.123. The van der Waals surface area contributed by atoms with Crippen LogP contribution in [0, 0.1) is 0 Å². The lowest BCUT2D eigenvalue weighted by Crippen LogP contribution is -2.02. The predicted molar refractivity (Wildman–Crippen MR) is 74.1 cm³/mol. The highest BCUT2D eigenvalue weighted by Crippen LogP contribution is 2.31. The van der Waals surface area contributed by atoms with Gasteiger partial charge in [-0.1, -0.05) is 24.3 Å². The molecule has 2 aromatic rings. The summed E-state index contributed by atoms with van der Waals surface area (Å²) in [5.74, 6) is 0.857. The van der Waals surface area contributed by atoms with E-state index in [2.05, 4.69) is 4.98 Å². The zero-order valence-electron chi connectivity index (χ0n) is 10.3. The van der Waals surface area contributed by atoms with Gasteiger partial charge in [-0.15, -0.1) is 11.6 Å². The van der Waals surface area contributed by atoms with Crippen LogP contribution < -0.4 is 4.74 Å². The van der Waals surface area contributed by atoms with Crippen molar-refractivity contribution in [2.75, 3.05) is 6.61 Å². The maximum Gasteiger partial charge on any atom is 0.123 e. The number of benzene rings is 1. The minimum absolute atomic E-state index is 0.123. The van der Waals surface area contributed by atoms with Crippen LogP contribution in [-0.2, 0) is 6.42 Å². The smallest absolute Gasteiger partial charge is 0.123 e. The molecule has 18 heavy (non-hydrogen) atoms. The zero-order chi connectivity index (χ0) is 12.8. The Morgan fingerprint density at radius 3 is 2.67 bits per heavy atom. The first-order valence-corrected chi connectivity index (χ1v) is 6.50. The van der Waals surface area contributed by atoms with Crippen LogP contribution in [0.15, 0.2) is 48.7 Å². The topological polar surface area (TPSA) is 22.1 Å². The number of pyridine rings is 1. The van der Waals surface area contributed by atoms with Gasteiger partial charge in [-0.3, -0.25) is 4.98 Å². The third-order valence-corrected chi connectivity index (χ3v) is 3.06. The van der Waals surface area contributed by atoms with E-state index in [0.29, 0.717) is 13.0 Å². The molecule has 0 fully saturated rings. The summed E-state index contributed by atoms with van der Waals surface area (Å²) in [6.07, 6.45) is 2.49. The standard InChI is InChI=1S/C15H16ClNO/c1-2-18-15-9-4-3-8-13(15)14(16)11-12-7-5-6-10-17-12/h3-10,14H,2,11H2,1H3. The molecule has 1 unspecified atom stereocenters. The normalized spacial score (nSPS) is 12.1. The van der Waals surface area contributed by atoms with Gasteiger partial charge in [-0.05, 0) is 25.1 Å². The van der Waals surface area contributed by atoms with Gasteiger partial charge in [0.1, 0.15) is 5.75 Å². The number of para-hydroxylation sites is 1. The molecule has 0 saturated carbocycles. The third-order valence-electron chi connectivity index (χ3n) is 2.67. The molecule has 0 aliphatic carbocycles. The first kappa shape index (κ1) is 12.9. The summed E-state index contributed by atoms with van der Waals surface area (Å²) >= 11 is 6.46. The maximum atomic E-state index is 6.46. The van der Waals surface area contributed by atoms with Crippen molar-refractivity contribution in [1.29, 1.82) is 0 Å². The van der Waals surface area contributed by atoms with E-state index in [1.165, 1.54) is 0 Å². The minimum atomic E-state index is -0.123. The zero-order valence-corrected chi connectivity index (χ0v) is 11.1. The molecule has 2 rings (SSSR count). The second kappa shape index (κ2) is 6.41. The summed E-state index contributed by atoms with van der Waals surface area (Å²) in [4.78, 5) is 4.29. The van der Waals surface area contributed by atoms with E-state index in [4.69, 9.17) is 16.3 Å². The molecule has 1 heterocycles. The molecule has 1 atom stereocenters. The molecule has 0 spiro atoms.